The Morgan fingerprint density at radius 1 is 0.704 bits per heavy atom. The number of hydrogen-bond donors (Lipinski definition) is 0. The van der Waals surface area contributed by atoms with Crippen LogP contribution in [0, 0.1) is 11.5 Å². The molecule has 0 aliphatic carbocycles. The second kappa shape index (κ2) is 10.3. The molecule has 3 rings (SSSR count). The molecule has 3 aromatic carbocycles. The fourth-order valence-corrected chi connectivity index (χ4v) is 8.28. The molecule has 0 radical (unpaired) electrons. The molecule has 0 heterocycles. The van der Waals surface area contributed by atoms with Crippen LogP contribution in [-0.4, -0.2) is 13.4 Å². The molecular weight excluding hydrogens is 408 g/mol. The number of alkyl halides is 1. The third-order valence-corrected chi connectivity index (χ3v) is 9.81. The van der Waals surface area contributed by atoms with Crippen LogP contribution in [-0.2, 0) is 6.42 Å². The average Bonchev–Trinajstić information content (AvgIpc) is 2.75. The fourth-order valence-electron chi connectivity index (χ4n) is 3.50. The normalized spacial score (nSPS) is 10.9. The lowest BCUT2D eigenvalue weighted by Crippen LogP contribution is -2.57. The van der Waals surface area contributed by atoms with Crippen molar-refractivity contribution in [2.45, 2.75) is 25.3 Å². The minimum absolute atomic E-state index is 0.909. The molecule has 0 fully saturated rings. The van der Waals surface area contributed by atoms with E-state index in [9.17, 15) is 0 Å². The molecule has 0 amide bonds. The van der Waals surface area contributed by atoms with Crippen molar-refractivity contribution in [1.29, 1.82) is 0 Å². The van der Waals surface area contributed by atoms with E-state index in [1.54, 1.807) is 0 Å². The Morgan fingerprint density at radius 2 is 1.22 bits per heavy atom. The number of benzene rings is 3. The summed E-state index contributed by atoms with van der Waals surface area (Å²) in [4.78, 5) is 0. The lowest BCUT2D eigenvalue weighted by molar-refractivity contribution is 1.03. The van der Waals surface area contributed by atoms with Crippen LogP contribution in [0.4, 0.5) is 0 Å². The van der Waals surface area contributed by atoms with Crippen molar-refractivity contribution < 1.29 is 0 Å². The summed E-state index contributed by atoms with van der Waals surface area (Å²) in [5, 5.41) is 3.86. The quantitative estimate of drug-likeness (QED) is 0.273. The predicted octanol–water partition coefficient (Wildman–Crippen LogP) is 5.21. The molecule has 0 aliphatic heterocycles. The van der Waals surface area contributed by atoms with Gasteiger partial charge in [0.15, 0.2) is 8.07 Å². The molecule has 2 heteroatoms. The Morgan fingerprint density at radius 3 is 1.74 bits per heavy atom. The second-order valence-electron chi connectivity index (χ2n) is 6.72. The Kier molecular flexibility index (Phi) is 7.51. The standard InChI is InChI=1S/C25H25BrSi/c26-20-12-22-27(24-16-6-2-7-17-24,25-18-8-3-9-19-25)21-11-10-15-23-13-4-1-5-14-23/h1-9,13-14,16-19H,10,12,15,20,22H2. The zero-order valence-electron chi connectivity index (χ0n) is 15.6. The highest BCUT2D eigenvalue weighted by molar-refractivity contribution is 9.09. The van der Waals surface area contributed by atoms with Crippen LogP contribution in [0.5, 0.6) is 0 Å². The summed E-state index contributed by atoms with van der Waals surface area (Å²) >= 11 is 3.63. The molecule has 0 aromatic heterocycles. The molecule has 0 saturated heterocycles. The summed E-state index contributed by atoms with van der Waals surface area (Å²) in [6, 6.07) is 33.7. The van der Waals surface area contributed by atoms with Crippen molar-refractivity contribution in [2.24, 2.45) is 0 Å². The minimum atomic E-state index is -2.10. The maximum absolute atomic E-state index is 3.84. The van der Waals surface area contributed by atoms with Crippen LogP contribution >= 0.6 is 15.9 Å². The molecule has 0 bridgehead atoms. The van der Waals surface area contributed by atoms with E-state index in [0.717, 1.165) is 30.6 Å². The number of halogens is 1. The maximum Gasteiger partial charge on any atom is 0.199 e. The van der Waals surface area contributed by atoms with Gasteiger partial charge in [0.1, 0.15) is 0 Å². The monoisotopic (exact) mass is 432 g/mol. The van der Waals surface area contributed by atoms with Crippen molar-refractivity contribution in [2.75, 3.05) is 5.33 Å². The van der Waals surface area contributed by atoms with E-state index in [1.165, 1.54) is 15.9 Å². The van der Waals surface area contributed by atoms with Gasteiger partial charge in [-0.25, -0.2) is 0 Å². The van der Waals surface area contributed by atoms with Crippen LogP contribution in [0.1, 0.15) is 18.4 Å². The Bertz CT molecular complexity index is 824. The Balaban J connectivity index is 1.95. The van der Waals surface area contributed by atoms with Gasteiger partial charge < -0.3 is 0 Å². The fraction of sp³-hybridized carbons (Fsp3) is 0.200. The van der Waals surface area contributed by atoms with Gasteiger partial charge >= 0.3 is 0 Å². The van der Waals surface area contributed by atoms with Gasteiger partial charge in [0, 0.05) is 11.8 Å². The highest BCUT2D eigenvalue weighted by Crippen LogP contribution is 2.15. The summed E-state index contributed by atoms with van der Waals surface area (Å²) in [5.74, 6) is 3.58. The molecular formula is C25H25BrSi. The van der Waals surface area contributed by atoms with Gasteiger partial charge in [-0.2, -0.15) is 0 Å². The van der Waals surface area contributed by atoms with Gasteiger partial charge in [0.2, 0.25) is 0 Å². The van der Waals surface area contributed by atoms with Crippen molar-refractivity contribution in [1.82, 2.24) is 0 Å². The van der Waals surface area contributed by atoms with E-state index >= 15 is 0 Å². The first kappa shape index (κ1) is 19.7. The van der Waals surface area contributed by atoms with Crippen molar-refractivity contribution >= 4 is 34.4 Å². The lowest BCUT2D eigenvalue weighted by Gasteiger charge is -2.27. The molecule has 0 unspecified atom stereocenters. The Hall–Kier alpha value is -2.08. The summed E-state index contributed by atoms with van der Waals surface area (Å²) < 4.78 is 0. The maximum atomic E-state index is 3.84. The average molecular weight is 433 g/mol. The van der Waals surface area contributed by atoms with Gasteiger partial charge in [0.05, 0.1) is 0 Å². The number of hydrogen-bond acceptors (Lipinski definition) is 0. The van der Waals surface area contributed by atoms with E-state index in [1.807, 2.05) is 0 Å². The van der Waals surface area contributed by atoms with Gasteiger partial charge in [0.25, 0.3) is 0 Å². The van der Waals surface area contributed by atoms with Crippen LogP contribution in [0.3, 0.4) is 0 Å². The van der Waals surface area contributed by atoms with Crippen LogP contribution in [0.25, 0.3) is 0 Å². The summed E-state index contributed by atoms with van der Waals surface area (Å²) in [6.07, 6.45) is 3.07. The molecule has 0 N–H and O–H groups in total. The summed E-state index contributed by atoms with van der Waals surface area (Å²) in [6.45, 7) is 0. The van der Waals surface area contributed by atoms with Gasteiger partial charge in [-0.1, -0.05) is 107 Å². The molecule has 27 heavy (non-hydrogen) atoms. The number of rotatable bonds is 7. The first-order chi connectivity index (χ1) is 13.3. The largest absolute Gasteiger partial charge is 0.199 e. The third kappa shape index (κ3) is 5.22. The lowest BCUT2D eigenvalue weighted by atomic mass is 10.1. The van der Waals surface area contributed by atoms with Crippen LogP contribution < -0.4 is 10.4 Å². The second-order valence-corrected chi connectivity index (χ2v) is 11.2. The summed E-state index contributed by atoms with van der Waals surface area (Å²) in [7, 11) is -2.10. The number of aryl methyl sites for hydroxylation is 1. The molecule has 0 nitrogen and oxygen atoms in total. The smallest absolute Gasteiger partial charge is 0.120 e. The first-order valence-electron chi connectivity index (χ1n) is 9.56. The molecule has 136 valence electrons. The topological polar surface area (TPSA) is 0 Å². The van der Waals surface area contributed by atoms with Gasteiger partial charge in [-0.15, -0.1) is 11.5 Å². The van der Waals surface area contributed by atoms with E-state index in [-0.39, 0.29) is 0 Å². The zero-order valence-corrected chi connectivity index (χ0v) is 18.2. The van der Waals surface area contributed by atoms with E-state index < -0.39 is 8.07 Å². The summed E-state index contributed by atoms with van der Waals surface area (Å²) in [5.41, 5.74) is 5.20. The molecule has 0 atom stereocenters. The molecule has 0 aliphatic rings. The van der Waals surface area contributed by atoms with Crippen molar-refractivity contribution in [3.05, 3.63) is 96.6 Å². The van der Waals surface area contributed by atoms with Gasteiger partial charge in [-0.05, 0) is 34.8 Å². The molecule has 0 saturated carbocycles. The SMILES string of the molecule is BrCCC[Si](C#CCCc1ccccc1)(c1ccccc1)c1ccccc1. The van der Waals surface area contributed by atoms with E-state index in [0.29, 0.717) is 0 Å². The van der Waals surface area contributed by atoms with Crippen LogP contribution in [0.15, 0.2) is 91.0 Å². The zero-order chi connectivity index (χ0) is 18.8. The molecule has 0 spiro atoms. The van der Waals surface area contributed by atoms with Crippen molar-refractivity contribution in [3.63, 3.8) is 0 Å². The molecule has 3 aromatic rings. The highest BCUT2D eigenvalue weighted by atomic mass is 79.9. The Labute approximate surface area is 172 Å². The predicted molar refractivity (Wildman–Crippen MR) is 124 cm³/mol. The van der Waals surface area contributed by atoms with Crippen molar-refractivity contribution in [3.8, 4) is 11.5 Å². The first-order valence-corrected chi connectivity index (χ1v) is 12.9. The van der Waals surface area contributed by atoms with E-state index in [2.05, 4.69) is 118 Å². The van der Waals surface area contributed by atoms with E-state index in [4.69, 9.17) is 0 Å². The van der Waals surface area contributed by atoms with Crippen LogP contribution in [0.2, 0.25) is 6.04 Å². The minimum Gasteiger partial charge on any atom is -0.120 e. The third-order valence-electron chi connectivity index (χ3n) is 4.90. The van der Waals surface area contributed by atoms with Gasteiger partial charge in [-0.3, -0.25) is 0 Å². The highest BCUT2D eigenvalue weighted by Gasteiger charge is 2.35.